The molecule has 1 aliphatic rings. The van der Waals surface area contributed by atoms with Crippen molar-refractivity contribution in [3.8, 4) is 0 Å². The number of ether oxygens (including phenoxy) is 1. The molecular formula is C39H67IO6. The first-order chi connectivity index (χ1) is 20.2. The summed E-state index contributed by atoms with van der Waals surface area (Å²) in [4.78, 5) is 53.2. The molecule has 0 bridgehead atoms. The number of carbonyl (C=O) groups is 4. The molecule has 1 aliphatic carbocycles. The third kappa shape index (κ3) is 13.7. The quantitative estimate of drug-likeness (QED) is 0.0553. The SMILES string of the molecule is C=C(C)C(CC(C)(C)CC(C)(C)CC(C)(C)C)C1CC(=O)C(I)(OC(=O)C(CC(=O)O)CC(C)(C)CC(C)(C)CC(C)(C)C)C1=O. The zero-order valence-corrected chi connectivity index (χ0v) is 34.1. The lowest BCUT2D eigenvalue weighted by atomic mass is 9.64. The minimum atomic E-state index is -1.96. The second kappa shape index (κ2) is 14.7. The summed E-state index contributed by atoms with van der Waals surface area (Å²) in [5, 5.41) is 9.72. The molecule has 0 saturated heterocycles. The normalized spacial score (nSPS) is 21.7. The highest BCUT2D eigenvalue weighted by molar-refractivity contribution is 14.1. The number of carboxylic acid groups (broad SMARTS) is 1. The molecule has 0 aliphatic heterocycles. The molecule has 4 unspecified atom stereocenters. The highest BCUT2D eigenvalue weighted by Crippen LogP contribution is 2.50. The topological polar surface area (TPSA) is 97.7 Å². The summed E-state index contributed by atoms with van der Waals surface area (Å²) in [7, 11) is 0. The predicted octanol–water partition coefficient (Wildman–Crippen LogP) is 10.6. The number of hydrogen-bond acceptors (Lipinski definition) is 5. The fraction of sp³-hybridized carbons (Fsp3) is 0.846. The van der Waals surface area contributed by atoms with Crippen LogP contribution in [0.3, 0.4) is 0 Å². The fourth-order valence-corrected chi connectivity index (χ4v) is 10.4. The summed E-state index contributed by atoms with van der Waals surface area (Å²) >= 11 is 1.70. The smallest absolute Gasteiger partial charge is 0.311 e. The second-order valence-electron chi connectivity index (χ2n) is 20.3. The number of allylic oxidation sites excluding steroid dienone is 1. The summed E-state index contributed by atoms with van der Waals surface area (Å²) in [6.07, 6.45) is 4.25. The van der Waals surface area contributed by atoms with Gasteiger partial charge in [-0.25, -0.2) is 0 Å². The molecular weight excluding hydrogens is 691 g/mol. The minimum absolute atomic E-state index is 0.0237. The van der Waals surface area contributed by atoms with Crippen molar-refractivity contribution in [3.05, 3.63) is 12.2 Å². The van der Waals surface area contributed by atoms with Crippen LogP contribution >= 0.6 is 22.6 Å². The van der Waals surface area contributed by atoms with Crippen LogP contribution in [0, 0.1) is 50.2 Å². The lowest BCUT2D eigenvalue weighted by Gasteiger charge is -2.41. The van der Waals surface area contributed by atoms with Crippen molar-refractivity contribution >= 4 is 46.1 Å². The average molecular weight is 759 g/mol. The van der Waals surface area contributed by atoms with Gasteiger partial charge in [0.2, 0.25) is 0 Å². The zero-order chi connectivity index (χ0) is 36.5. The van der Waals surface area contributed by atoms with Gasteiger partial charge in [-0.15, -0.1) is 0 Å². The molecule has 0 amide bonds. The summed E-state index contributed by atoms with van der Waals surface area (Å²) in [6, 6.07) is 0. The summed E-state index contributed by atoms with van der Waals surface area (Å²) in [6.45, 7) is 37.0. The monoisotopic (exact) mass is 758 g/mol. The van der Waals surface area contributed by atoms with E-state index in [1.54, 1.807) is 22.6 Å². The Morgan fingerprint density at radius 1 is 0.804 bits per heavy atom. The minimum Gasteiger partial charge on any atom is -0.481 e. The molecule has 266 valence electrons. The molecule has 1 saturated carbocycles. The van der Waals surface area contributed by atoms with Crippen LogP contribution in [0.4, 0.5) is 0 Å². The molecule has 0 aromatic carbocycles. The number of ketones is 2. The largest absolute Gasteiger partial charge is 0.481 e. The Morgan fingerprint density at radius 2 is 1.22 bits per heavy atom. The average Bonchev–Trinajstić information content (AvgIpc) is 2.94. The third-order valence-corrected chi connectivity index (χ3v) is 10.4. The lowest BCUT2D eigenvalue weighted by Crippen LogP contribution is -2.43. The molecule has 4 atom stereocenters. The van der Waals surface area contributed by atoms with E-state index in [0.717, 1.165) is 31.3 Å². The van der Waals surface area contributed by atoms with E-state index in [4.69, 9.17) is 4.74 Å². The Labute approximate surface area is 295 Å². The van der Waals surface area contributed by atoms with Crippen molar-refractivity contribution in [2.75, 3.05) is 0 Å². The van der Waals surface area contributed by atoms with E-state index in [-0.39, 0.29) is 51.2 Å². The number of esters is 1. The van der Waals surface area contributed by atoms with Gasteiger partial charge in [0.15, 0.2) is 11.6 Å². The molecule has 7 heteroatoms. The van der Waals surface area contributed by atoms with Crippen LogP contribution in [0.15, 0.2) is 12.2 Å². The van der Waals surface area contributed by atoms with Crippen molar-refractivity contribution in [3.63, 3.8) is 0 Å². The molecule has 6 nitrogen and oxygen atoms in total. The second-order valence-corrected chi connectivity index (χ2v) is 21.8. The number of carboxylic acids is 1. The van der Waals surface area contributed by atoms with E-state index in [1.165, 1.54) is 0 Å². The molecule has 1 rings (SSSR count). The van der Waals surface area contributed by atoms with Crippen molar-refractivity contribution in [2.45, 2.75) is 159 Å². The van der Waals surface area contributed by atoms with Gasteiger partial charge in [0.25, 0.3) is 3.61 Å². The van der Waals surface area contributed by atoms with Gasteiger partial charge in [-0.05, 0) is 106 Å². The Balaban J connectivity index is 3.25. The Kier molecular flexibility index (Phi) is 13.7. The zero-order valence-electron chi connectivity index (χ0n) is 32.0. The van der Waals surface area contributed by atoms with E-state index in [1.807, 2.05) is 20.8 Å². The van der Waals surface area contributed by atoms with Crippen LogP contribution in [0.2, 0.25) is 0 Å². The van der Waals surface area contributed by atoms with Crippen molar-refractivity contribution in [1.82, 2.24) is 0 Å². The van der Waals surface area contributed by atoms with E-state index in [0.29, 0.717) is 6.42 Å². The molecule has 1 fully saturated rings. The van der Waals surface area contributed by atoms with Crippen LogP contribution in [0.1, 0.15) is 155 Å². The number of Topliss-reactive ketones (excluding diaryl/α,β-unsaturated/α-hetero) is 2. The standard InChI is InChI=1S/C39H67IO6/c1-25(2)28(20-36(11,12)24-38(15,16)22-34(6,7)8)27-18-29(41)39(40,31(27)44)46-32(45)26(17-30(42)43)19-35(9,10)23-37(13,14)21-33(3,4)5/h26-28H,1,17-24H2,2-16H3,(H,42,43). The first-order valence-corrected chi connectivity index (χ1v) is 18.1. The molecule has 0 spiro atoms. The Morgan fingerprint density at radius 3 is 1.59 bits per heavy atom. The third-order valence-electron chi connectivity index (χ3n) is 9.04. The first-order valence-electron chi connectivity index (χ1n) is 17.1. The van der Waals surface area contributed by atoms with Crippen molar-refractivity contribution < 1.29 is 29.0 Å². The maximum Gasteiger partial charge on any atom is 0.311 e. The molecule has 46 heavy (non-hydrogen) atoms. The number of aliphatic carboxylic acids is 1. The summed E-state index contributed by atoms with van der Waals surface area (Å²) < 4.78 is 3.86. The highest BCUT2D eigenvalue weighted by Gasteiger charge is 2.59. The van der Waals surface area contributed by atoms with Gasteiger partial charge in [-0.1, -0.05) is 109 Å². The molecule has 0 radical (unpaired) electrons. The lowest BCUT2D eigenvalue weighted by molar-refractivity contribution is -0.165. The molecule has 0 aromatic rings. The van der Waals surface area contributed by atoms with Gasteiger partial charge < -0.3 is 9.84 Å². The molecule has 0 aromatic heterocycles. The van der Waals surface area contributed by atoms with Crippen LogP contribution in [-0.4, -0.2) is 32.2 Å². The van der Waals surface area contributed by atoms with Crippen molar-refractivity contribution in [2.24, 2.45) is 50.2 Å². The van der Waals surface area contributed by atoms with Gasteiger partial charge >= 0.3 is 11.9 Å². The van der Waals surface area contributed by atoms with E-state index in [2.05, 4.69) is 89.7 Å². The van der Waals surface area contributed by atoms with Crippen LogP contribution in [-0.2, 0) is 23.9 Å². The predicted molar refractivity (Wildman–Crippen MR) is 197 cm³/mol. The summed E-state index contributed by atoms with van der Waals surface area (Å²) in [5.74, 6) is -4.63. The van der Waals surface area contributed by atoms with Crippen LogP contribution < -0.4 is 0 Å². The Hall–Kier alpha value is -1.25. The summed E-state index contributed by atoms with van der Waals surface area (Å²) in [5.41, 5.74) is 0.664. The van der Waals surface area contributed by atoms with Gasteiger partial charge in [-0.3, -0.25) is 19.2 Å². The Bertz CT molecular complexity index is 1150. The number of hydrogen-bond donors (Lipinski definition) is 1. The van der Waals surface area contributed by atoms with Crippen LogP contribution in [0.5, 0.6) is 0 Å². The van der Waals surface area contributed by atoms with E-state index >= 15 is 0 Å². The van der Waals surface area contributed by atoms with E-state index in [9.17, 15) is 24.3 Å². The molecule has 0 heterocycles. The van der Waals surface area contributed by atoms with Gasteiger partial charge in [0.1, 0.15) is 0 Å². The van der Waals surface area contributed by atoms with Gasteiger partial charge in [0, 0.05) is 12.3 Å². The number of rotatable bonds is 16. The maximum absolute atomic E-state index is 14.1. The van der Waals surface area contributed by atoms with Crippen molar-refractivity contribution in [1.29, 1.82) is 0 Å². The van der Waals surface area contributed by atoms with Crippen LogP contribution in [0.25, 0.3) is 0 Å². The maximum atomic E-state index is 14.1. The van der Waals surface area contributed by atoms with Gasteiger partial charge in [0.05, 0.1) is 12.3 Å². The highest BCUT2D eigenvalue weighted by atomic mass is 127. The first kappa shape index (κ1) is 42.8. The number of alkyl halides is 1. The fourth-order valence-electron chi connectivity index (χ4n) is 9.56. The van der Waals surface area contributed by atoms with E-state index < -0.39 is 45.4 Å². The van der Waals surface area contributed by atoms with Gasteiger partial charge in [-0.2, -0.15) is 0 Å². The molecule has 1 N–H and O–H groups in total. The number of halogens is 1. The number of carbonyl (C=O) groups excluding carboxylic acids is 3.